The molecule has 2 amide bonds. The molecule has 0 bridgehead atoms. The third kappa shape index (κ3) is 4.61. The van der Waals surface area contributed by atoms with Crippen molar-refractivity contribution in [1.82, 2.24) is 15.5 Å². The van der Waals surface area contributed by atoms with Crippen molar-refractivity contribution in [3.63, 3.8) is 0 Å². The summed E-state index contributed by atoms with van der Waals surface area (Å²) >= 11 is 1.59. The molecule has 2 heterocycles. The zero-order valence-electron chi connectivity index (χ0n) is 13.7. The standard InChI is InChI=1S/C15H25N3O5S/c1-24-8-6-9-13(21)17-10(4-5-12(19)20)15(23)18-7-2-3-11(18)14(22)16-9/h9-11,14,16,22H,2-8H2,1H3,(H,17,21)(H,19,20). The van der Waals surface area contributed by atoms with Crippen LogP contribution in [0.15, 0.2) is 0 Å². The van der Waals surface area contributed by atoms with Crippen LogP contribution in [-0.4, -0.2) is 75.8 Å². The van der Waals surface area contributed by atoms with Crippen molar-refractivity contribution in [2.45, 2.75) is 56.5 Å². The van der Waals surface area contributed by atoms with Gasteiger partial charge in [0.1, 0.15) is 12.3 Å². The first kappa shape index (κ1) is 19.0. The average molecular weight is 359 g/mol. The smallest absolute Gasteiger partial charge is 0.303 e. The van der Waals surface area contributed by atoms with Gasteiger partial charge in [-0.25, -0.2) is 0 Å². The highest BCUT2D eigenvalue weighted by molar-refractivity contribution is 7.98. The summed E-state index contributed by atoms with van der Waals surface area (Å²) in [6.45, 7) is 0.511. The number of carbonyl (C=O) groups excluding carboxylic acids is 2. The van der Waals surface area contributed by atoms with Gasteiger partial charge < -0.3 is 20.4 Å². The lowest BCUT2D eigenvalue weighted by molar-refractivity contribution is -0.140. The summed E-state index contributed by atoms with van der Waals surface area (Å²) in [6.07, 6.45) is 2.79. The van der Waals surface area contributed by atoms with Crippen LogP contribution in [0.4, 0.5) is 0 Å². The molecule has 0 aromatic rings. The summed E-state index contributed by atoms with van der Waals surface area (Å²) in [7, 11) is 0. The van der Waals surface area contributed by atoms with Crippen LogP contribution in [0.25, 0.3) is 0 Å². The van der Waals surface area contributed by atoms with Gasteiger partial charge in [0.15, 0.2) is 0 Å². The van der Waals surface area contributed by atoms with Crippen LogP contribution < -0.4 is 10.6 Å². The number of fused-ring (bicyclic) bond motifs is 1. The molecule has 2 aliphatic heterocycles. The van der Waals surface area contributed by atoms with Crippen LogP contribution in [0, 0.1) is 0 Å². The Balaban J connectivity index is 2.21. The number of thioether (sulfide) groups is 1. The highest BCUT2D eigenvalue weighted by Gasteiger charge is 2.40. The van der Waals surface area contributed by atoms with Crippen molar-refractivity contribution in [2.75, 3.05) is 18.6 Å². The Morgan fingerprint density at radius 1 is 1.33 bits per heavy atom. The van der Waals surface area contributed by atoms with Crippen molar-refractivity contribution >= 4 is 29.5 Å². The van der Waals surface area contributed by atoms with Crippen LogP contribution in [0.2, 0.25) is 0 Å². The molecule has 0 spiro atoms. The molecule has 0 aromatic heterocycles. The van der Waals surface area contributed by atoms with Crippen molar-refractivity contribution < 1.29 is 24.6 Å². The molecule has 24 heavy (non-hydrogen) atoms. The maximum Gasteiger partial charge on any atom is 0.303 e. The molecule has 4 atom stereocenters. The third-order valence-corrected chi connectivity index (χ3v) is 5.15. The molecule has 0 aliphatic carbocycles. The fraction of sp³-hybridized carbons (Fsp3) is 0.800. The van der Waals surface area contributed by atoms with Crippen LogP contribution >= 0.6 is 11.8 Å². The quantitative estimate of drug-likeness (QED) is 0.498. The molecule has 4 N–H and O–H groups in total. The lowest BCUT2D eigenvalue weighted by Crippen LogP contribution is -2.53. The second kappa shape index (κ2) is 8.68. The SMILES string of the molecule is CSCCC1NC(O)C2CCCN2C(=O)C(CCC(=O)O)NC1=O. The molecule has 8 nitrogen and oxygen atoms in total. The van der Waals surface area contributed by atoms with E-state index in [1.165, 1.54) is 0 Å². The molecule has 9 heteroatoms. The number of aliphatic carboxylic acids is 1. The Morgan fingerprint density at radius 2 is 2.08 bits per heavy atom. The Morgan fingerprint density at radius 3 is 2.75 bits per heavy atom. The van der Waals surface area contributed by atoms with Crippen LogP contribution in [0.5, 0.6) is 0 Å². The first-order chi connectivity index (χ1) is 11.4. The van der Waals surface area contributed by atoms with Crippen LogP contribution in [0.3, 0.4) is 0 Å². The number of carbonyl (C=O) groups is 3. The van der Waals surface area contributed by atoms with Crippen molar-refractivity contribution in [2.24, 2.45) is 0 Å². The Kier molecular flexibility index (Phi) is 6.88. The average Bonchev–Trinajstić information content (AvgIpc) is 3.03. The van der Waals surface area contributed by atoms with E-state index in [0.29, 0.717) is 19.4 Å². The Bertz CT molecular complexity index is 490. The van der Waals surface area contributed by atoms with E-state index in [0.717, 1.165) is 12.2 Å². The summed E-state index contributed by atoms with van der Waals surface area (Å²) < 4.78 is 0. The van der Waals surface area contributed by atoms with Crippen molar-refractivity contribution in [3.8, 4) is 0 Å². The van der Waals surface area contributed by atoms with E-state index in [-0.39, 0.29) is 30.7 Å². The largest absolute Gasteiger partial charge is 0.481 e. The summed E-state index contributed by atoms with van der Waals surface area (Å²) in [4.78, 5) is 37.6. The Labute approximate surface area is 145 Å². The topological polar surface area (TPSA) is 119 Å². The molecule has 2 fully saturated rings. The van der Waals surface area contributed by atoms with Crippen molar-refractivity contribution in [1.29, 1.82) is 0 Å². The first-order valence-corrected chi connectivity index (χ1v) is 9.59. The molecule has 2 rings (SSSR count). The minimum atomic E-state index is -1.01. The van der Waals surface area contributed by atoms with Gasteiger partial charge in [-0.15, -0.1) is 0 Å². The lowest BCUT2D eigenvalue weighted by Gasteiger charge is -2.30. The van der Waals surface area contributed by atoms with Gasteiger partial charge in [0, 0.05) is 13.0 Å². The summed E-state index contributed by atoms with van der Waals surface area (Å²) in [6, 6.07) is -1.85. The van der Waals surface area contributed by atoms with E-state index in [4.69, 9.17) is 5.11 Å². The highest BCUT2D eigenvalue weighted by atomic mass is 32.2. The fourth-order valence-corrected chi connectivity index (χ4v) is 3.71. The minimum absolute atomic E-state index is 0.0501. The van der Waals surface area contributed by atoms with Gasteiger partial charge >= 0.3 is 5.97 Å². The molecule has 0 saturated carbocycles. The first-order valence-electron chi connectivity index (χ1n) is 8.19. The Hall–Kier alpha value is -1.32. The third-order valence-electron chi connectivity index (χ3n) is 4.51. The fourth-order valence-electron chi connectivity index (χ4n) is 3.24. The number of carboxylic acids is 1. The van der Waals surface area contributed by atoms with E-state index in [1.54, 1.807) is 16.7 Å². The van der Waals surface area contributed by atoms with Gasteiger partial charge in [-0.1, -0.05) is 0 Å². The second-order valence-electron chi connectivity index (χ2n) is 6.18. The predicted molar refractivity (Wildman–Crippen MR) is 89.5 cm³/mol. The molecule has 136 valence electrons. The number of aliphatic hydroxyl groups is 1. The van der Waals surface area contributed by atoms with E-state index < -0.39 is 24.3 Å². The minimum Gasteiger partial charge on any atom is -0.481 e. The molecule has 0 aromatic carbocycles. The van der Waals surface area contributed by atoms with Gasteiger partial charge in [-0.3, -0.25) is 19.7 Å². The van der Waals surface area contributed by atoms with Gasteiger partial charge in [0.05, 0.1) is 12.1 Å². The highest BCUT2D eigenvalue weighted by Crippen LogP contribution is 2.23. The second-order valence-corrected chi connectivity index (χ2v) is 7.17. The predicted octanol–water partition coefficient (Wildman–Crippen LogP) is -0.630. The molecule has 2 aliphatic rings. The molecular weight excluding hydrogens is 334 g/mol. The number of hydrogen-bond acceptors (Lipinski definition) is 6. The number of aliphatic hydroxyl groups excluding tert-OH is 1. The summed E-state index contributed by atoms with van der Waals surface area (Å²) in [5.74, 6) is -0.946. The monoisotopic (exact) mass is 359 g/mol. The zero-order chi connectivity index (χ0) is 17.7. The molecular formula is C15H25N3O5S. The van der Waals surface area contributed by atoms with E-state index in [1.807, 2.05) is 6.26 Å². The number of amides is 2. The number of nitrogens with one attached hydrogen (secondary N) is 2. The number of hydrogen-bond donors (Lipinski definition) is 4. The normalized spacial score (nSPS) is 31.0. The molecule has 4 unspecified atom stereocenters. The maximum absolute atomic E-state index is 12.7. The van der Waals surface area contributed by atoms with E-state index in [9.17, 15) is 19.5 Å². The van der Waals surface area contributed by atoms with E-state index >= 15 is 0 Å². The van der Waals surface area contributed by atoms with Gasteiger partial charge in [-0.2, -0.15) is 11.8 Å². The van der Waals surface area contributed by atoms with Crippen LogP contribution in [-0.2, 0) is 14.4 Å². The van der Waals surface area contributed by atoms with Crippen molar-refractivity contribution in [3.05, 3.63) is 0 Å². The molecule has 2 saturated heterocycles. The zero-order valence-corrected chi connectivity index (χ0v) is 14.6. The van der Waals surface area contributed by atoms with Gasteiger partial charge in [0.25, 0.3) is 0 Å². The number of nitrogens with zero attached hydrogens (tertiary/aromatic N) is 1. The number of rotatable bonds is 6. The van der Waals surface area contributed by atoms with Crippen LogP contribution in [0.1, 0.15) is 32.1 Å². The van der Waals surface area contributed by atoms with Gasteiger partial charge in [0.2, 0.25) is 11.8 Å². The molecule has 0 radical (unpaired) electrons. The maximum atomic E-state index is 12.7. The van der Waals surface area contributed by atoms with E-state index in [2.05, 4.69) is 10.6 Å². The summed E-state index contributed by atoms with van der Waals surface area (Å²) in [5, 5.41) is 24.9. The number of carboxylic acid groups (broad SMARTS) is 1. The summed E-state index contributed by atoms with van der Waals surface area (Å²) in [5.41, 5.74) is 0. The van der Waals surface area contributed by atoms with Gasteiger partial charge in [-0.05, 0) is 37.7 Å². The lowest BCUT2D eigenvalue weighted by atomic mass is 10.1.